The van der Waals surface area contributed by atoms with Gasteiger partial charge in [0.1, 0.15) is 5.82 Å². The summed E-state index contributed by atoms with van der Waals surface area (Å²) in [4.78, 5) is 0. The Kier molecular flexibility index (Phi) is 3.14. The van der Waals surface area contributed by atoms with Crippen LogP contribution < -0.4 is 5.14 Å². The molecule has 2 aromatic rings. The van der Waals surface area contributed by atoms with Crippen LogP contribution in [0.4, 0.5) is 0 Å². The number of benzene rings is 1. The van der Waals surface area contributed by atoms with Crippen LogP contribution in [-0.4, -0.2) is 23.2 Å². The normalized spacial score (nSPS) is 17.1. The van der Waals surface area contributed by atoms with Crippen molar-refractivity contribution < 1.29 is 8.42 Å². The van der Waals surface area contributed by atoms with Crippen molar-refractivity contribution in [1.82, 2.24) is 14.8 Å². The monoisotopic (exact) mass is 306 g/mol. The molecule has 0 spiro atoms. The first-order chi connectivity index (χ1) is 9.86. The van der Waals surface area contributed by atoms with Crippen molar-refractivity contribution in [3.63, 3.8) is 0 Å². The van der Waals surface area contributed by atoms with Gasteiger partial charge in [0, 0.05) is 6.04 Å². The Hall–Kier alpha value is -1.73. The molecule has 6 nitrogen and oxygen atoms in total. The van der Waals surface area contributed by atoms with Crippen molar-refractivity contribution in [2.75, 3.05) is 0 Å². The van der Waals surface area contributed by atoms with Crippen LogP contribution >= 0.6 is 0 Å². The predicted octanol–water partition coefficient (Wildman–Crippen LogP) is 1.59. The molecule has 7 heteroatoms. The molecular weight excluding hydrogens is 288 g/mol. The number of aromatic nitrogens is 3. The van der Waals surface area contributed by atoms with E-state index in [0.29, 0.717) is 5.82 Å². The minimum absolute atomic E-state index is 0.0792. The van der Waals surface area contributed by atoms with E-state index < -0.39 is 10.0 Å². The number of rotatable bonds is 4. The van der Waals surface area contributed by atoms with Crippen LogP contribution in [0.3, 0.4) is 0 Å². The van der Waals surface area contributed by atoms with Crippen LogP contribution in [0.15, 0.2) is 35.5 Å². The van der Waals surface area contributed by atoms with Gasteiger partial charge in [-0.1, -0.05) is 30.3 Å². The lowest BCUT2D eigenvalue weighted by Gasteiger charge is -2.19. The molecule has 1 aromatic heterocycles. The van der Waals surface area contributed by atoms with E-state index in [-0.39, 0.29) is 16.6 Å². The van der Waals surface area contributed by atoms with Gasteiger partial charge in [-0.2, -0.15) is 0 Å². The smallest absolute Gasteiger partial charge is 0.273 e. The molecule has 112 valence electrons. The topological polar surface area (TPSA) is 90.9 Å². The zero-order chi connectivity index (χ0) is 15.3. The molecular formula is C14H18N4O2S. The Balaban J connectivity index is 2.19. The number of primary sulfonamides is 1. The minimum atomic E-state index is -3.88. The van der Waals surface area contributed by atoms with Gasteiger partial charge in [-0.05, 0) is 32.3 Å². The highest BCUT2D eigenvalue weighted by atomic mass is 32.2. The van der Waals surface area contributed by atoms with Crippen LogP contribution in [0.1, 0.15) is 44.1 Å². The predicted molar refractivity (Wildman–Crippen MR) is 78.2 cm³/mol. The first-order valence-electron chi connectivity index (χ1n) is 6.90. The summed E-state index contributed by atoms with van der Waals surface area (Å²) >= 11 is 0. The van der Waals surface area contributed by atoms with Gasteiger partial charge in [-0.3, -0.25) is 4.57 Å². The molecule has 2 N–H and O–H groups in total. The second-order valence-electron chi connectivity index (χ2n) is 5.76. The Morgan fingerprint density at radius 3 is 2.29 bits per heavy atom. The maximum atomic E-state index is 11.7. The van der Waals surface area contributed by atoms with E-state index in [1.807, 2.05) is 44.2 Å². The molecule has 1 aliphatic rings. The van der Waals surface area contributed by atoms with Crippen LogP contribution in [0.5, 0.6) is 0 Å². The number of nitrogens with zero attached hydrogens (tertiary/aromatic N) is 3. The van der Waals surface area contributed by atoms with Gasteiger partial charge < -0.3 is 0 Å². The molecule has 1 heterocycles. The summed E-state index contributed by atoms with van der Waals surface area (Å²) in [5.41, 5.74) is 0.904. The molecule has 0 unspecified atom stereocenters. The summed E-state index contributed by atoms with van der Waals surface area (Å²) in [7, 11) is -3.88. The molecule has 1 fully saturated rings. The van der Waals surface area contributed by atoms with Crippen molar-refractivity contribution in [2.45, 2.75) is 43.3 Å². The number of hydrogen-bond acceptors (Lipinski definition) is 4. The van der Waals surface area contributed by atoms with Gasteiger partial charge in [0.25, 0.3) is 15.2 Å². The van der Waals surface area contributed by atoms with E-state index in [4.69, 9.17) is 5.14 Å². The van der Waals surface area contributed by atoms with Crippen LogP contribution in [0, 0.1) is 0 Å². The zero-order valence-electron chi connectivity index (χ0n) is 12.0. The number of nitrogens with two attached hydrogens (primary N) is 1. The molecule has 0 aliphatic heterocycles. The first-order valence-corrected chi connectivity index (χ1v) is 8.44. The minimum Gasteiger partial charge on any atom is -0.297 e. The second-order valence-corrected chi connectivity index (χ2v) is 7.22. The molecule has 21 heavy (non-hydrogen) atoms. The Bertz CT molecular complexity index is 762. The van der Waals surface area contributed by atoms with Crippen LogP contribution in [0.25, 0.3) is 0 Å². The molecule has 1 saturated carbocycles. The lowest BCUT2D eigenvalue weighted by Crippen LogP contribution is -2.23. The van der Waals surface area contributed by atoms with Crippen molar-refractivity contribution in [2.24, 2.45) is 5.14 Å². The van der Waals surface area contributed by atoms with Gasteiger partial charge >= 0.3 is 0 Å². The van der Waals surface area contributed by atoms with Crippen molar-refractivity contribution in [3.8, 4) is 0 Å². The standard InChI is InChI=1S/C14H18N4O2S/c1-10(2)18-12(16-17-13(18)21(15,19)20)14(8-9-14)11-6-4-3-5-7-11/h3-7,10H,8-9H2,1-2H3,(H2,15,19,20). The van der Waals surface area contributed by atoms with Gasteiger partial charge in [0.2, 0.25) is 0 Å². The summed E-state index contributed by atoms with van der Waals surface area (Å²) < 4.78 is 25.1. The molecule has 0 bridgehead atoms. The summed E-state index contributed by atoms with van der Waals surface area (Å²) in [5, 5.41) is 13.1. The fourth-order valence-electron chi connectivity index (χ4n) is 2.79. The van der Waals surface area contributed by atoms with E-state index in [1.165, 1.54) is 0 Å². The lowest BCUT2D eigenvalue weighted by atomic mass is 9.95. The van der Waals surface area contributed by atoms with Crippen LogP contribution in [0.2, 0.25) is 0 Å². The number of sulfonamides is 1. The molecule has 0 saturated heterocycles. The quantitative estimate of drug-likeness (QED) is 0.928. The summed E-state index contributed by atoms with van der Waals surface area (Å²) in [6.07, 6.45) is 1.87. The lowest BCUT2D eigenvalue weighted by molar-refractivity contribution is 0.491. The summed E-state index contributed by atoms with van der Waals surface area (Å²) in [6.45, 7) is 3.81. The SMILES string of the molecule is CC(C)n1c(C2(c3ccccc3)CC2)nnc1S(N)(=O)=O. The highest BCUT2D eigenvalue weighted by Crippen LogP contribution is 2.53. The second kappa shape index (κ2) is 4.64. The zero-order valence-corrected chi connectivity index (χ0v) is 12.8. The van der Waals surface area contributed by atoms with Crippen molar-refractivity contribution in [1.29, 1.82) is 0 Å². The molecule has 3 rings (SSSR count). The van der Waals surface area contributed by atoms with E-state index in [1.54, 1.807) is 4.57 Å². The van der Waals surface area contributed by atoms with Gasteiger partial charge in [0.05, 0.1) is 5.41 Å². The van der Waals surface area contributed by atoms with Gasteiger partial charge in [-0.15, -0.1) is 10.2 Å². The molecule has 1 aromatic carbocycles. The Morgan fingerprint density at radius 1 is 1.19 bits per heavy atom. The third kappa shape index (κ3) is 2.26. The summed E-state index contributed by atoms with van der Waals surface area (Å²) in [5.74, 6) is 0.688. The highest BCUT2D eigenvalue weighted by Gasteiger charge is 2.51. The Labute approximate surface area is 124 Å². The largest absolute Gasteiger partial charge is 0.297 e. The van der Waals surface area contributed by atoms with Crippen molar-refractivity contribution >= 4 is 10.0 Å². The average molecular weight is 306 g/mol. The fraction of sp³-hybridized carbons (Fsp3) is 0.429. The van der Waals surface area contributed by atoms with Crippen molar-refractivity contribution in [3.05, 3.63) is 41.7 Å². The third-order valence-corrected chi connectivity index (χ3v) is 4.73. The molecule has 0 amide bonds. The maximum Gasteiger partial charge on any atom is 0.273 e. The summed E-state index contributed by atoms with van der Waals surface area (Å²) in [6, 6.07) is 9.93. The highest BCUT2D eigenvalue weighted by molar-refractivity contribution is 7.89. The molecule has 0 atom stereocenters. The van der Waals surface area contributed by atoms with Gasteiger partial charge in [-0.25, -0.2) is 13.6 Å². The van der Waals surface area contributed by atoms with E-state index in [2.05, 4.69) is 10.2 Å². The fourth-order valence-corrected chi connectivity index (χ4v) is 3.51. The number of hydrogen-bond donors (Lipinski definition) is 1. The van der Waals surface area contributed by atoms with Gasteiger partial charge in [0.15, 0.2) is 0 Å². The molecule has 0 radical (unpaired) electrons. The van der Waals surface area contributed by atoms with E-state index >= 15 is 0 Å². The van der Waals surface area contributed by atoms with E-state index in [9.17, 15) is 8.42 Å². The van der Waals surface area contributed by atoms with Crippen LogP contribution in [-0.2, 0) is 15.4 Å². The maximum absolute atomic E-state index is 11.7. The van der Waals surface area contributed by atoms with E-state index in [0.717, 1.165) is 18.4 Å². The third-order valence-electron chi connectivity index (χ3n) is 3.94. The molecule has 1 aliphatic carbocycles. The first kappa shape index (κ1) is 14.2. The Morgan fingerprint density at radius 2 is 1.81 bits per heavy atom. The average Bonchev–Trinajstić information content (AvgIpc) is 3.09.